The SMILES string of the molecule is COc1ccc(C(=O)COC(=O)c2c(C)nn(Cc3ccccc3)c2C)cc1Br. The molecule has 0 aliphatic rings. The summed E-state index contributed by atoms with van der Waals surface area (Å²) in [7, 11) is 1.55. The minimum atomic E-state index is -0.555. The van der Waals surface area contributed by atoms with Gasteiger partial charge in [0.05, 0.1) is 29.5 Å². The van der Waals surface area contributed by atoms with Crippen LogP contribution >= 0.6 is 15.9 Å². The van der Waals surface area contributed by atoms with Crippen molar-refractivity contribution in [3.63, 3.8) is 0 Å². The van der Waals surface area contributed by atoms with Crippen molar-refractivity contribution in [3.8, 4) is 5.75 Å². The Labute approximate surface area is 177 Å². The van der Waals surface area contributed by atoms with E-state index >= 15 is 0 Å². The Kier molecular flexibility index (Phi) is 6.49. The summed E-state index contributed by atoms with van der Waals surface area (Å²) < 4.78 is 12.9. The number of aryl methyl sites for hydroxylation is 1. The maximum atomic E-state index is 12.6. The van der Waals surface area contributed by atoms with Crippen LogP contribution in [0, 0.1) is 13.8 Å². The number of rotatable bonds is 7. The third-order valence-electron chi connectivity index (χ3n) is 4.57. The Morgan fingerprint density at radius 2 is 1.83 bits per heavy atom. The summed E-state index contributed by atoms with van der Waals surface area (Å²) in [6.07, 6.45) is 0. The zero-order valence-corrected chi connectivity index (χ0v) is 18.0. The predicted octanol–water partition coefficient (Wildman–Crippen LogP) is 4.36. The molecule has 0 saturated heterocycles. The molecule has 0 unspecified atom stereocenters. The van der Waals surface area contributed by atoms with Crippen molar-refractivity contribution in [2.45, 2.75) is 20.4 Å². The smallest absolute Gasteiger partial charge is 0.342 e. The van der Waals surface area contributed by atoms with Gasteiger partial charge in [0.2, 0.25) is 0 Å². The molecule has 6 nitrogen and oxygen atoms in total. The number of aromatic nitrogens is 2. The van der Waals surface area contributed by atoms with E-state index in [9.17, 15) is 9.59 Å². The topological polar surface area (TPSA) is 70.4 Å². The molecule has 0 fully saturated rings. The van der Waals surface area contributed by atoms with E-state index in [0.29, 0.717) is 39.3 Å². The molecule has 0 bridgehead atoms. The number of carbonyl (C=O) groups is 2. The molecule has 0 atom stereocenters. The zero-order valence-electron chi connectivity index (χ0n) is 16.4. The van der Waals surface area contributed by atoms with Crippen LogP contribution in [0.15, 0.2) is 53.0 Å². The van der Waals surface area contributed by atoms with Gasteiger partial charge in [-0.1, -0.05) is 30.3 Å². The molecule has 1 aromatic heterocycles. The van der Waals surface area contributed by atoms with Gasteiger partial charge >= 0.3 is 5.97 Å². The first-order chi connectivity index (χ1) is 13.9. The fourth-order valence-electron chi connectivity index (χ4n) is 3.03. The average Bonchev–Trinajstić information content (AvgIpc) is 2.99. The fourth-order valence-corrected chi connectivity index (χ4v) is 3.57. The molecule has 0 amide bonds. The Morgan fingerprint density at radius 1 is 1.10 bits per heavy atom. The van der Waals surface area contributed by atoms with Crippen molar-refractivity contribution in [2.24, 2.45) is 0 Å². The van der Waals surface area contributed by atoms with Gasteiger partial charge in [-0.05, 0) is 53.5 Å². The Bertz CT molecular complexity index is 1040. The highest BCUT2D eigenvalue weighted by Crippen LogP contribution is 2.25. The van der Waals surface area contributed by atoms with Gasteiger partial charge in [-0.3, -0.25) is 9.48 Å². The maximum absolute atomic E-state index is 12.6. The summed E-state index contributed by atoms with van der Waals surface area (Å²) in [4.78, 5) is 25.0. The summed E-state index contributed by atoms with van der Waals surface area (Å²) in [5.41, 5.74) is 3.18. The van der Waals surface area contributed by atoms with Crippen molar-refractivity contribution in [1.29, 1.82) is 0 Å². The fraction of sp³-hybridized carbons (Fsp3) is 0.227. The van der Waals surface area contributed by atoms with Gasteiger partial charge in [-0.2, -0.15) is 5.10 Å². The van der Waals surface area contributed by atoms with Gasteiger partial charge in [0, 0.05) is 5.56 Å². The van der Waals surface area contributed by atoms with Crippen LogP contribution in [0.2, 0.25) is 0 Å². The number of esters is 1. The molecule has 7 heteroatoms. The van der Waals surface area contributed by atoms with Crippen molar-refractivity contribution in [3.05, 3.63) is 81.1 Å². The van der Waals surface area contributed by atoms with Crippen molar-refractivity contribution >= 4 is 27.7 Å². The van der Waals surface area contributed by atoms with E-state index in [-0.39, 0.29) is 12.4 Å². The predicted molar refractivity (Wildman–Crippen MR) is 113 cm³/mol. The Balaban J connectivity index is 1.69. The second kappa shape index (κ2) is 9.05. The second-order valence-electron chi connectivity index (χ2n) is 6.54. The van der Waals surface area contributed by atoms with Gasteiger partial charge in [0.15, 0.2) is 12.4 Å². The zero-order chi connectivity index (χ0) is 21.0. The van der Waals surface area contributed by atoms with E-state index in [2.05, 4.69) is 21.0 Å². The number of hydrogen-bond donors (Lipinski definition) is 0. The van der Waals surface area contributed by atoms with Crippen molar-refractivity contribution in [1.82, 2.24) is 9.78 Å². The first-order valence-corrected chi connectivity index (χ1v) is 9.81. The largest absolute Gasteiger partial charge is 0.496 e. The summed E-state index contributed by atoms with van der Waals surface area (Å²) in [6.45, 7) is 3.79. The van der Waals surface area contributed by atoms with E-state index < -0.39 is 5.97 Å². The Morgan fingerprint density at radius 3 is 2.48 bits per heavy atom. The molecule has 0 saturated carbocycles. The van der Waals surface area contributed by atoms with Gasteiger partial charge in [-0.15, -0.1) is 0 Å². The van der Waals surface area contributed by atoms with Gasteiger partial charge in [0.1, 0.15) is 11.3 Å². The highest BCUT2D eigenvalue weighted by atomic mass is 79.9. The lowest BCUT2D eigenvalue weighted by molar-refractivity contribution is 0.0473. The maximum Gasteiger partial charge on any atom is 0.342 e. The molecule has 0 spiro atoms. The lowest BCUT2D eigenvalue weighted by Crippen LogP contribution is -2.15. The molecule has 150 valence electrons. The standard InChI is InChI=1S/C22H21BrN2O4/c1-14-21(15(2)25(24-14)12-16-7-5-4-6-8-16)22(27)29-13-19(26)17-9-10-20(28-3)18(23)11-17/h4-11H,12-13H2,1-3H3. The van der Waals surface area contributed by atoms with E-state index in [1.54, 1.807) is 36.9 Å². The summed E-state index contributed by atoms with van der Waals surface area (Å²) in [6, 6.07) is 14.8. The second-order valence-corrected chi connectivity index (χ2v) is 7.39. The molecule has 0 aliphatic carbocycles. The minimum Gasteiger partial charge on any atom is -0.496 e. The lowest BCUT2D eigenvalue weighted by atomic mass is 10.1. The van der Waals surface area contributed by atoms with Crippen LogP contribution in [-0.2, 0) is 11.3 Å². The highest BCUT2D eigenvalue weighted by molar-refractivity contribution is 9.10. The molecular formula is C22H21BrN2O4. The summed E-state index contributed by atoms with van der Waals surface area (Å²) >= 11 is 3.35. The summed E-state index contributed by atoms with van der Waals surface area (Å²) in [5, 5.41) is 4.45. The van der Waals surface area contributed by atoms with E-state index in [1.807, 2.05) is 37.3 Å². The number of halogens is 1. The van der Waals surface area contributed by atoms with Gasteiger partial charge in [0.25, 0.3) is 0 Å². The van der Waals surface area contributed by atoms with Crippen LogP contribution in [0.25, 0.3) is 0 Å². The quantitative estimate of drug-likeness (QED) is 0.390. The number of carbonyl (C=O) groups excluding carboxylic acids is 2. The lowest BCUT2D eigenvalue weighted by Gasteiger charge is -2.08. The highest BCUT2D eigenvalue weighted by Gasteiger charge is 2.21. The molecule has 0 N–H and O–H groups in total. The molecule has 3 aromatic rings. The number of hydrogen-bond acceptors (Lipinski definition) is 5. The van der Waals surface area contributed by atoms with E-state index in [1.165, 1.54) is 0 Å². The van der Waals surface area contributed by atoms with Crippen LogP contribution < -0.4 is 4.74 Å². The number of benzene rings is 2. The van der Waals surface area contributed by atoms with Crippen LogP contribution in [0.5, 0.6) is 5.75 Å². The molecule has 0 radical (unpaired) electrons. The monoisotopic (exact) mass is 456 g/mol. The van der Waals surface area contributed by atoms with Crippen LogP contribution in [0.1, 0.15) is 37.7 Å². The first-order valence-electron chi connectivity index (χ1n) is 9.02. The van der Waals surface area contributed by atoms with Gasteiger partial charge in [-0.25, -0.2) is 4.79 Å². The molecule has 3 rings (SSSR count). The van der Waals surface area contributed by atoms with Crippen LogP contribution in [0.4, 0.5) is 0 Å². The first kappa shape index (κ1) is 20.8. The van der Waals surface area contributed by atoms with Crippen LogP contribution in [-0.4, -0.2) is 35.2 Å². The third-order valence-corrected chi connectivity index (χ3v) is 5.19. The summed E-state index contributed by atoms with van der Waals surface area (Å²) in [5.74, 6) is -0.232. The Hall–Kier alpha value is -2.93. The molecule has 1 heterocycles. The molecule has 29 heavy (non-hydrogen) atoms. The normalized spacial score (nSPS) is 10.6. The molecule has 2 aromatic carbocycles. The molecule has 0 aliphatic heterocycles. The third kappa shape index (κ3) is 4.74. The minimum absolute atomic E-state index is 0.298. The van der Waals surface area contributed by atoms with Crippen molar-refractivity contribution < 1.29 is 19.1 Å². The average molecular weight is 457 g/mol. The molecular weight excluding hydrogens is 436 g/mol. The number of ether oxygens (including phenoxy) is 2. The van der Waals surface area contributed by atoms with Gasteiger partial charge < -0.3 is 9.47 Å². The van der Waals surface area contributed by atoms with Crippen LogP contribution in [0.3, 0.4) is 0 Å². The van der Waals surface area contributed by atoms with E-state index in [0.717, 1.165) is 5.56 Å². The van der Waals surface area contributed by atoms with Crippen molar-refractivity contribution in [2.75, 3.05) is 13.7 Å². The van der Waals surface area contributed by atoms with E-state index in [4.69, 9.17) is 9.47 Å². The number of methoxy groups -OCH3 is 1. The number of Topliss-reactive ketones (excluding diaryl/α,β-unsaturated/α-hetero) is 1. The number of ketones is 1. The number of nitrogens with zero attached hydrogens (tertiary/aromatic N) is 2.